The van der Waals surface area contributed by atoms with E-state index in [1.807, 2.05) is 20.8 Å². The van der Waals surface area contributed by atoms with Crippen LogP contribution in [0.15, 0.2) is 0 Å². The SMILES string of the molecule is COC(=O)CN1CCN(CC2CN(CCCCN3CCN(C(=O)OC(C)(C)C)C(C(=N)N)C3)C(=O)O2)CC1. The second-order valence-electron chi connectivity index (χ2n) is 11.3. The number of unbranched alkanes of at least 4 members (excludes halogenated alkanes) is 1. The smallest absolute Gasteiger partial charge is 0.411 e. The molecule has 0 spiro atoms. The van der Waals surface area contributed by atoms with E-state index < -0.39 is 17.7 Å². The molecule has 3 N–H and O–H groups in total. The van der Waals surface area contributed by atoms with Gasteiger partial charge in [0.1, 0.15) is 23.6 Å². The van der Waals surface area contributed by atoms with Gasteiger partial charge in [-0.3, -0.25) is 29.8 Å². The van der Waals surface area contributed by atoms with Gasteiger partial charge in [-0.15, -0.1) is 0 Å². The van der Waals surface area contributed by atoms with Crippen molar-refractivity contribution in [2.24, 2.45) is 5.73 Å². The number of hydrogen-bond donors (Lipinski definition) is 2. The van der Waals surface area contributed by atoms with Gasteiger partial charge in [-0.25, -0.2) is 9.59 Å². The van der Waals surface area contributed by atoms with Crippen LogP contribution in [0.1, 0.15) is 33.6 Å². The van der Waals surface area contributed by atoms with E-state index in [-0.39, 0.29) is 24.0 Å². The van der Waals surface area contributed by atoms with Crippen LogP contribution in [-0.4, -0.2) is 152 Å². The highest BCUT2D eigenvalue weighted by Crippen LogP contribution is 2.18. The normalized spacial score (nSPS) is 23.8. The summed E-state index contributed by atoms with van der Waals surface area (Å²) in [6, 6.07) is -0.504. The fourth-order valence-corrected chi connectivity index (χ4v) is 5.00. The Bertz CT molecular complexity index is 843. The van der Waals surface area contributed by atoms with Crippen molar-refractivity contribution in [2.75, 3.05) is 85.6 Å². The standard InChI is InChI=1S/C25H45N7O6/c1-25(2,3)38-24(35)32-14-13-28(17-20(32)22(26)27)7-5-6-8-31-16-19(37-23(31)34)15-29-9-11-30(12-10-29)18-21(33)36-4/h19-20H,5-18H2,1-4H3,(H3,26,27). The highest BCUT2D eigenvalue weighted by Gasteiger charge is 2.35. The molecule has 0 aromatic heterocycles. The van der Waals surface area contributed by atoms with Gasteiger partial charge in [0.2, 0.25) is 0 Å². The number of esters is 1. The maximum Gasteiger partial charge on any atom is 0.411 e. The van der Waals surface area contributed by atoms with Gasteiger partial charge < -0.3 is 24.8 Å². The molecular formula is C25H45N7O6. The lowest BCUT2D eigenvalue weighted by atomic mass is 10.1. The van der Waals surface area contributed by atoms with Gasteiger partial charge in [-0.2, -0.15) is 0 Å². The number of ether oxygens (including phenoxy) is 3. The summed E-state index contributed by atoms with van der Waals surface area (Å²) in [6.07, 6.45) is 0.870. The molecule has 3 heterocycles. The van der Waals surface area contributed by atoms with Crippen LogP contribution in [0.25, 0.3) is 0 Å². The number of piperazine rings is 2. The lowest BCUT2D eigenvalue weighted by molar-refractivity contribution is -0.142. The molecule has 38 heavy (non-hydrogen) atoms. The summed E-state index contributed by atoms with van der Waals surface area (Å²) in [7, 11) is 1.40. The number of amidine groups is 1. The van der Waals surface area contributed by atoms with Crippen LogP contribution in [-0.2, 0) is 19.0 Å². The molecule has 3 fully saturated rings. The molecular weight excluding hydrogens is 494 g/mol. The first-order chi connectivity index (χ1) is 17.9. The molecule has 0 aliphatic carbocycles. The van der Waals surface area contributed by atoms with Gasteiger partial charge in [-0.05, 0) is 40.2 Å². The number of carbonyl (C=O) groups is 3. The largest absolute Gasteiger partial charge is 0.468 e. The average Bonchev–Trinajstić information content (AvgIpc) is 3.20. The van der Waals surface area contributed by atoms with Gasteiger partial charge in [0, 0.05) is 58.9 Å². The van der Waals surface area contributed by atoms with Gasteiger partial charge in [0.05, 0.1) is 20.2 Å². The Labute approximate surface area is 225 Å². The highest BCUT2D eigenvalue weighted by molar-refractivity contribution is 5.87. The number of nitrogens with two attached hydrogens (primary N) is 1. The topological polar surface area (TPSA) is 145 Å². The number of rotatable bonds is 10. The lowest BCUT2D eigenvalue weighted by Gasteiger charge is -2.41. The van der Waals surface area contributed by atoms with Crippen molar-refractivity contribution in [3.05, 3.63) is 0 Å². The van der Waals surface area contributed by atoms with Crippen molar-refractivity contribution in [2.45, 2.75) is 51.4 Å². The van der Waals surface area contributed by atoms with Crippen LogP contribution < -0.4 is 5.73 Å². The Morgan fingerprint density at radius 3 is 2.26 bits per heavy atom. The molecule has 216 valence electrons. The van der Waals surface area contributed by atoms with Crippen LogP contribution in [0.5, 0.6) is 0 Å². The van der Waals surface area contributed by atoms with Crippen LogP contribution >= 0.6 is 0 Å². The zero-order valence-corrected chi connectivity index (χ0v) is 23.3. The van der Waals surface area contributed by atoms with Crippen LogP contribution in [0.4, 0.5) is 9.59 Å². The first-order valence-corrected chi connectivity index (χ1v) is 13.5. The maximum absolute atomic E-state index is 12.6. The summed E-state index contributed by atoms with van der Waals surface area (Å²) in [5.74, 6) is -0.267. The first-order valence-electron chi connectivity index (χ1n) is 13.5. The summed E-state index contributed by atoms with van der Waals surface area (Å²) in [4.78, 5) is 46.3. The van der Waals surface area contributed by atoms with Crippen molar-refractivity contribution in [1.82, 2.24) is 24.5 Å². The summed E-state index contributed by atoms with van der Waals surface area (Å²) in [5, 5.41) is 7.96. The molecule has 0 radical (unpaired) electrons. The highest BCUT2D eigenvalue weighted by atomic mass is 16.6. The number of nitrogens with zero attached hydrogens (tertiary/aromatic N) is 5. The third kappa shape index (κ3) is 8.98. The molecule has 0 saturated carbocycles. The zero-order valence-electron chi connectivity index (χ0n) is 23.3. The lowest BCUT2D eigenvalue weighted by Crippen LogP contribution is -2.60. The van der Waals surface area contributed by atoms with Gasteiger partial charge in [0.15, 0.2) is 0 Å². The van der Waals surface area contributed by atoms with Gasteiger partial charge in [0.25, 0.3) is 0 Å². The second kappa shape index (κ2) is 13.4. The quantitative estimate of drug-likeness (QED) is 0.130. The molecule has 0 aromatic carbocycles. The van der Waals surface area contributed by atoms with Crippen molar-refractivity contribution in [1.29, 1.82) is 5.41 Å². The fraction of sp³-hybridized carbons (Fsp3) is 0.840. The Morgan fingerprint density at radius 2 is 1.63 bits per heavy atom. The van der Waals surface area contributed by atoms with Gasteiger partial charge >= 0.3 is 18.2 Å². The predicted molar refractivity (Wildman–Crippen MR) is 141 cm³/mol. The number of cyclic esters (lactones) is 1. The predicted octanol–water partition coefficient (Wildman–Crippen LogP) is 0.235. The van der Waals surface area contributed by atoms with Crippen molar-refractivity contribution >= 4 is 24.0 Å². The number of carbonyl (C=O) groups excluding carboxylic acids is 3. The van der Waals surface area contributed by atoms with Crippen LogP contribution in [0.2, 0.25) is 0 Å². The van der Waals surface area contributed by atoms with Crippen molar-refractivity contribution < 1.29 is 28.6 Å². The van der Waals surface area contributed by atoms with E-state index >= 15 is 0 Å². The molecule has 0 bridgehead atoms. The van der Waals surface area contributed by atoms with Crippen LogP contribution in [0, 0.1) is 5.41 Å². The second-order valence-corrected chi connectivity index (χ2v) is 11.3. The molecule has 2 atom stereocenters. The number of methoxy groups -OCH3 is 1. The first kappa shape index (κ1) is 29.9. The maximum atomic E-state index is 12.6. The van der Waals surface area contributed by atoms with E-state index in [4.69, 9.17) is 25.4 Å². The third-order valence-corrected chi connectivity index (χ3v) is 7.06. The molecule has 3 aliphatic rings. The van der Waals surface area contributed by atoms with E-state index in [9.17, 15) is 14.4 Å². The summed E-state index contributed by atoms with van der Waals surface area (Å²) in [6.45, 7) is 13.3. The number of hydrogen-bond acceptors (Lipinski definition) is 10. The Balaban J connectivity index is 1.34. The minimum absolute atomic E-state index is 0.0451. The van der Waals surface area contributed by atoms with Crippen molar-refractivity contribution in [3.63, 3.8) is 0 Å². The Kier molecular flexibility index (Phi) is 10.6. The monoisotopic (exact) mass is 539 g/mol. The van der Waals surface area contributed by atoms with E-state index in [0.29, 0.717) is 45.8 Å². The third-order valence-electron chi connectivity index (χ3n) is 7.06. The molecule has 2 amide bonds. The van der Waals surface area contributed by atoms with Crippen LogP contribution in [0.3, 0.4) is 0 Å². The van der Waals surface area contributed by atoms with Crippen molar-refractivity contribution in [3.8, 4) is 0 Å². The van der Waals surface area contributed by atoms with E-state index in [1.165, 1.54) is 7.11 Å². The number of nitrogens with one attached hydrogen (secondary N) is 1. The number of amides is 2. The molecule has 13 heteroatoms. The molecule has 3 rings (SSSR count). The molecule has 3 aliphatic heterocycles. The fourth-order valence-electron chi connectivity index (χ4n) is 5.00. The van der Waals surface area contributed by atoms with E-state index in [2.05, 4.69) is 14.7 Å². The Hall–Kier alpha value is -2.64. The van der Waals surface area contributed by atoms with E-state index in [1.54, 1.807) is 9.80 Å². The molecule has 3 saturated heterocycles. The summed E-state index contributed by atoms with van der Waals surface area (Å²) >= 11 is 0. The minimum Gasteiger partial charge on any atom is -0.468 e. The average molecular weight is 540 g/mol. The Morgan fingerprint density at radius 1 is 1.00 bits per heavy atom. The molecule has 13 nitrogen and oxygen atoms in total. The zero-order chi connectivity index (χ0) is 27.9. The molecule has 0 aromatic rings. The van der Waals surface area contributed by atoms with E-state index in [0.717, 1.165) is 45.6 Å². The molecule has 2 unspecified atom stereocenters. The minimum atomic E-state index is -0.605. The van der Waals surface area contributed by atoms with Gasteiger partial charge in [-0.1, -0.05) is 0 Å². The summed E-state index contributed by atoms with van der Waals surface area (Å²) < 4.78 is 15.8. The summed E-state index contributed by atoms with van der Waals surface area (Å²) in [5.41, 5.74) is 5.21.